The minimum absolute atomic E-state index is 0.0359. The van der Waals surface area contributed by atoms with Crippen LogP contribution >= 0.6 is 0 Å². The van der Waals surface area contributed by atoms with Crippen LogP contribution in [-0.2, 0) is 0 Å². The van der Waals surface area contributed by atoms with E-state index in [1.807, 2.05) is 50.4 Å². The van der Waals surface area contributed by atoms with E-state index in [1.54, 1.807) is 10.8 Å². The third kappa shape index (κ3) is 4.72. The second-order valence-corrected chi connectivity index (χ2v) is 8.37. The van der Waals surface area contributed by atoms with Crippen LogP contribution in [0, 0.1) is 6.92 Å². The summed E-state index contributed by atoms with van der Waals surface area (Å²) < 4.78 is 1.71. The van der Waals surface area contributed by atoms with Crippen molar-refractivity contribution in [3.05, 3.63) is 77.0 Å². The van der Waals surface area contributed by atoms with Crippen LogP contribution in [0.3, 0.4) is 0 Å². The molecule has 0 amide bonds. The molecule has 1 aromatic carbocycles. The lowest BCUT2D eigenvalue weighted by Gasteiger charge is -2.14. The first-order valence-electron chi connectivity index (χ1n) is 11.4. The molecule has 0 spiro atoms. The van der Waals surface area contributed by atoms with Gasteiger partial charge in [-0.05, 0) is 61.7 Å². The molecule has 1 unspecified atom stereocenters. The van der Waals surface area contributed by atoms with Crippen LogP contribution in [0.2, 0.25) is 0 Å². The number of benzene rings is 1. The monoisotopic (exact) mass is 458 g/mol. The number of hydrogen-bond acceptors (Lipinski definition) is 6. The maximum Gasteiger partial charge on any atom is 0.327 e. The lowest BCUT2D eigenvalue weighted by Crippen LogP contribution is -2.20. The maximum absolute atomic E-state index is 12.5. The summed E-state index contributed by atoms with van der Waals surface area (Å²) in [5.41, 5.74) is 6.82. The number of aliphatic hydroxyl groups is 1. The number of aryl methyl sites for hydroxylation is 1. The van der Waals surface area contributed by atoms with Gasteiger partial charge in [-0.15, -0.1) is 0 Å². The Kier molecular flexibility index (Phi) is 6.79. The van der Waals surface area contributed by atoms with Gasteiger partial charge in [0.1, 0.15) is 5.82 Å². The average molecular weight is 459 g/mol. The highest BCUT2D eigenvalue weighted by atomic mass is 16.3. The molecule has 4 aromatic rings. The molecule has 1 atom stereocenters. The molecule has 0 aliphatic heterocycles. The summed E-state index contributed by atoms with van der Waals surface area (Å²) in [7, 11) is 0. The van der Waals surface area contributed by atoms with Gasteiger partial charge < -0.3 is 20.7 Å². The summed E-state index contributed by atoms with van der Waals surface area (Å²) in [5.74, 6) is 0.678. The first-order valence-corrected chi connectivity index (χ1v) is 11.4. The van der Waals surface area contributed by atoms with Crippen molar-refractivity contribution in [1.29, 1.82) is 0 Å². The third-order valence-corrected chi connectivity index (χ3v) is 5.96. The Morgan fingerprint density at radius 1 is 1.24 bits per heavy atom. The van der Waals surface area contributed by atoms with Crippen molar-refractivity contribution in [1.82, 2.24) is 19.5 Å². The van der Waals surface area contributed by atoms with E-state index in [-0.39, 0.29) is 18.3 Å². The van der Waals surface area contributed by atoms with Gasteiger partial charge in [-0.2, -0.15) is 0 Å². The molecule has 0 bridgehead atoms. The molecule has 4 rings (SSSR count). The van der Waals surface area contributed by atoms with Crippen LogP contribution < -0.4 is 16.3 Å². The number of pyridine rings is 2. The number of imidazole rings is 1. The molecule has 0 aliphatic rings. The van der Waals surface area contributed by atoms with Crippen molar-refractivity contribution < 1.29 is 5.11 Å². The molecular weight excluding hydrogens is 428 g/mol. The summed E-state index contributed by atoms with van der Waals surface area (Å²) in [6.45, 7) is 10.8. The molecule has 0 saturated carbocycles. The van der Waals surface area contributed by atoms with Crippen LogP contribution in [-0.4, -0.2) is 37.8 Å². The topological polar surface area (TPSA) is 108 Å². The first kappa shape index (κ1) is 23.3. The van der Waals surface area contributed by atoms with E-state index in [9.17, 15) is 4.79 Å². The lowest BCUT2D eigenvalue weighted by atomic mass is 10.0. The van der Waals surface area contributed by atoms with Crippen molar-refractivity contribution in [2.45, 2.75) is 33.2 Å². The Balaban J connectivity index is 1.62. The predicted molar refractivity (Wildman–Crippen MR) is 138 cm³/mol. The molecule has 34 heavy (non-hydrogen) atoms. The van der Waals surface area contributed by atoms with Crippen molar-refractivity contribution in [2.24, 2.45) is 0 Å². The van der Waals surface area contributed by atoms with Crippen LogP contribution in [0.5, 0.6) is 0 Å². The van der Waals surface area contributed by atoms with Gasteiger partial charge in [0.05, 0.1) is 12.1 Å². The molecule has 176 valence electrons. The van der Waals surface area contributed by atoms with Gasteiger partial charge in [-0.3, -0.25) is 4.57 Å². The number of hydrogen-bond donors (Lipinski definition) is 4. The second kappa shape index (κ2) is 9.93. The largest absolute Gasteiger partial charge is 0.395 e. The van der Waals surface area contributed by atoms with Crippen LogP contribution in [0.1, 0.15) is 37.4 Å². The minimum Gasteiger partial charge on any atom is -0.395 e. The predicted octanol–water partition coefficient (Wildman–Crippen LogP) is 4.55. The number of H-pyrrole nitrogens is 1. The summed E-state index contributed by atoms with van der Waals surface area (Å²) in [6, 6.07) is 11.9. The van der Waals surface area contributed by atoms with Crippen molar-refractivity contribution >= 4 is 28.4 Å². The Morgan fingerprint density at radius 2 is 2.06 bits per heavy atom. The first-order chi connectivity index (χ1) is 16.4. The van der Waals surface area contributed by atoms with Crippen molar-refractivity contribution in [2.75, 3.05) is 23.8 Å². The van der Waals surface area contributed by atoms with Gasteiger partial charge in [-0.25, -0.2) is 14.8 Å². The number of aromatic nitrogens is 4. The summed E-state index contributed by atoms with van der Waals surface area (Å²) in [4.78, 5) is 24.3. The van der Waals surface area contributed by atoms with Crippen LogP contribution in [0.4, 0.5) is 11.5 Å². The number of fused-ring (bicyclic) bond motifs is 1. The number of nitrogens with one attached hydrogen (secondary N) is 3. The number of aliphatic hydroxyl groups excluding tert-OH is 1. The number of anilines is 2. The minimum atomic E-state index is -0.136. The van der Waals surface area contributed by atoms with E-state index in [0.717, 1.165) is 45.6 Å². The van der Waals surface area contributed by atoms with Gasteiger partial charge in [0.2, 0.25) is 0 Å². The molecule has 8 nitrogen and oxygen atoms in total. The van der Waals surface area contributed by atoms with Gasteiger partial charge >= 0.3 is 5.69 Å². The molecule has 0 saturated heterocycles. The maximum atomic E-state index is 12.5. The Bertz CT molecular complexity index is 1390. The number of aromatic amines is 1. The Labute approximate surface area is 198 Å². The molecular formula is C26H30N6O2. The van der Waals surface area contributed by atoms with E-state index in [4.69, 9.17) is 5.11 Å². The quantitative estimate of drug-likeness (QED) is 0.293. The lowest BCUT2D eigenvalue weighted by molar-refractivity contribution is 0.311. The van der Waals surface area contributed by atoms with Gasteiger partial charge in [-0.1, -0.05) is 19.6 Å². The Morgan fingerprint density at radius 3 is 2.82 bits per heavy atom. The second-order valence-electron chi connectivity index (χ2n) is 8.37. The van der Waals surface area contributed by atoms with Crippen LogP contribution in [0.15, 0.2) is 60.2 Å². The molecule has 4 N–H and O–H groups in total. The van der Waals surface area contributed by atoms with E-state index in [1.165, 1.54) is 0 Å². The van der Waals surface area contributed by atoms with Gasteiger partial charge in [0.15, 0.2) is 5.65 Å². The highest BCUT2D eigenvalue weighted by Crippen LogP contribution is 2.29. The van der Waals surface area contributed by atoms with E-state index in [2.05, 4.69) is 45.2 Å². The zero-order valence-electron chi connectivity index (χ0n) is 19.7. The highest BCUT2D eigenvalue weighted by molar-refractivity contribution is 5.83. The highest BCUT2D eigenvalue weighted by Gasteiger charge is 2.14. The van der Waals surface area contributed by atoms with Gasteiger partial charge in [0, 0.05) is 47.5 Å². The smallest absolute Gasteiger partial charge is 0.327 e. The molecule has 0 radical (unpaired) electrons. The SMILES string of the molecule is C=C(Nc1ccc(C)c(-c2cnc3c(c2)[nH]c(=O)n3C(C)CC)c1)c1ccnc(NCCO)c1. The fraction of sp³-hybridized carbons (Fsp3) is 0.269. The van der Waals surface area contributed by atoms with Gasteiger partial charge in [0.25, 0.3) is 0 Å². The van der Waals surface area contributed by atoms with E-state index < -0.39 is 0 Å². The zero-order valence-corrected chi connectivity index (χ0v) is 19.7. The summed E-state index contributed by atoms with van der Waals surface area (Å²) >= 11 is 0. The fourth-order valence-corrected chi connectivity index (χ4v) is 3.91. The Hall–Kier alpha value is -3.91. The summed E-state index contributed by atoms with van der Waals surface area (Å²) in [5, 5.41) is 15.4. The normalized spacial score (nSPS) is 12.0. The average Bonchev–Trinajstić information content (AvgIpc) is 3.18. The third-order valence-electron chi connectivity index (χ3n) is 5.96. The van der Waals surface area contributed by atoms with Crippen molar-refractivity contribution in [3.63, 3.8) is 0 Å². The standard InChI is InChI=1S/C26H30N6O2/c1-5-17(3)32-25-23(31-26(32)34)12-20(15-29-25)22-14-21(7-6-16(22)2)30-18(4)19-8-9-27-24(13-19)28-10-11-33/h6-9,12-15,17,30,33H,4-5,10-11H2,1-3H3,(H,27,28)(H,31,34). The fourth-order valence-electron chi connectivity index (χ4n) is 3.91. The molecule has 0 aliphatic carbocycles. The number of rotatable bonds is 9. The zero-order chi connectivity index (χ0) is 24.2. The molecule has 3 aromatic heterocycles. The van der Waals surface area contributed by atoms with Crippen molar-refractivity contribution in [3.8, 4) is 11.1 Å². The molecule has 0 fully saturated rings. The van der Waals surface area contributed by atoms with E-state index >= 15 is 0 Å². The number of nitrogens with zero attached hydrogens (tertiary/aromatic N) is 3. The van der Waals surface area contributed by atoms with Crippen LogP contribution in [0.25, 0.3) is 28.0 Å². The summed E-state index contributed by atoms with van der Waals surface area (Å²) in [6.07, 6.45) is 4.37. The van der Waals surface area contributed by atoms with E-state index in [0.29, 0.717) is 18.0 Å². The molecule has 8 heteroatoms. The molecule has 3 heterocycles.